The van der Waals surface area contributed by atoms with Crippen molar-refractivity contribution in [3.05, 3.63) is 15.8 Å². The second-order valence-electron chi connectivity index (χ2n) is 6.97. The summed E-state index contributed by atoms with van der Waals surface area (Å²) < 4.78 is 5.48. The van der Waals surface area contributed by atoms with Gasteiger partial charge in [-0.05, 0) is 51.0 Å². The van der Waals surface area contributed by atoms with Gasteiger partial charge >= 0.3 is 6.03 Å². The Balaban J connectivity index is 1.57. The van der Waals surface area contributed by atoms with Gasteiger partial charge in [0.25, 0.3) is 5.91 Å². The van der Waals surface area contributed by atoms with Crippen LogP contribution in [0.15, 0.2) is 6.07 Å². The third-order valence-corrected chi connectivity index (χ3v) is 6.43. The van der Waals surface area contributed by atoms with E-state index >= 15 is 0 Å². The van der Waals surface area contributed by atoms with Gasteiger partial charge in [0.05, 0.1) is 10.6 Å². The van der Waals surface area contributed by atoms with E-state index in [1.807, 2.05) is 18.7 Å². The van der Waals surface area contributed by atoms with Crippen molar-refractivity contribution in [3.63, 3.8) is 0 Å². The molecule has 3 heterocycles. The van der Waals surface area contributed by atoms with Crippen LogP contribution in [0.4, 0.5) is 10.5 Å². The third kappa shape index (κ3) is 4.15. The number of ether oxygens (including phenoxy) is 1. The highest BCUT2D eigenvalue weighted by atomic mass is 32.1. The van der Waals surface area contributed by atoms with E-state index in [-0.39, 0.29) is 11.9 Å². The number of anilines is 1. The normalized spacial score (nSPS) is 19.7. The van der Waals surface area contributed by atoms with Crippen LogP contribution in [-0.4, -0.2) is 49.7 Å². The van der Waals surface area contributed by atoms with E-state index in [0.29, 0.717) is 16.8 Å². The Morgan fingerprint density at radius 3 is 2.56 bits per heavy atom. The molecule has 1 aromatic rings. The zero-order chi connectivity index (χ0) is 17.9. The lowest BCUT2D eigenvalue weighted by atomic mass is 9.72. The molecular weight excluding hydrogens is 338 g/mol. The van der Waals surface area contributed by atoms with Crippen molar-refractivity contribution in [1.82, 2.24) is 10.2 Å². The molecule has 7 heteroatoms. The van der Waals surface area contributed by atoms with Gasteiger partial charge < -0.3 is 20.3 Å². The highest BCUT2D eigenvalue weighted by Crippen LogP contribution is 2.40. The summed E-state index contributed by atoms with van der Waals surface area (Å²) in [5.41, 5.74) is 1.11. The van der Waals surface area contributed by atoms with Gasteiger partial charge in [-0.2, -0.15) is 0 Å². The van der Waals surface area contributed by atoms with Gasteiger partial charge in [0.1, 0.15) is 0 Å². The molecule has 0 atom stereocenters. The van der Waals surface area contributed by atoms with Crippen LogP contribution in [0.1, 0.15) is 47.2 Å². The number of carbonyl (C=O) groups excluding carboxylic acids is 2. The van der Waals surface area contributed by atoms with Gasteiger partial charge in [-0.1, -0.05) is 0 Å². The minimum absolute atomic E-state index is 0.0646. The molecule has 2 aliphatic heterocycles. The van der Waals surface area contributed by atoms with E-state index in [2.05, 4.69) is 10.6 Å². The minimum atomic E-state index is -0.0875. The van der Waals surface area contributed by atoms with Gasteiger partial charge in [-0.25, -0.2) is 4.79 Å². The van der Waals surface area contributed by atoms with Crippen LogP contribution >= 0.6 is 11.3 Å². The van der Waals surface area contributed by atoms with Crippen molar-refractivity contribution >= 4 is 29.0 Å². The van der Waals surface area contributed by atoms with E-state index in [0.717, 1.165) is 62.6 Å². The second-order valence-corrected chi connectivity index (χ2v) is 8.23. The highest BCUT2D eigenvalue weighted by molar-refractivity contribution is 7.14. The number of urea groups is 1. The molecule has 1 spiro atoms. The number of hydrogen-bond acceptors (Lipinski definition) is 4. The Morgan fingerprint density at radius 1 is 1.24 bits per heavy atom. The Hall–Kier alpha value is -1.60. The first kappa shape index (κ1) is 18.2. The Kier molecular flexibility index (Phi) is 5.64. The topological polar surface area (TPSA) is 70.7 Å². The first-order valence-electron chi connectivity index (χ1n) is 9.05. The van der Waals surface area contributed by atoms with E-state index in [1.54, 1.807) is 6.07 Å². The van der Waals surface area contributed by atoms with Crippen LogP contribution < -0.4 is 10.6 Å². The molecule has 6 nitrogen and oxygen atoms in total. The smallest absolute Gasteiger partial charge is 0.321 e. The predicted octanol–water partition coefficient (Wildman–Crippen LogP) is 3.23. The number of nitrogens with one attached hydrogen (secondary N) is 2. The molecule has 0 aliphatic carbocycles. The predicted molar refractivity (Wildman–Crippen MR) is 99.4 cm³/mol. The number of carbonyl (C=O) groups is 2. The molecule has 2 fully saturated rings. The summed E-state index contributed by atoms with van der Waals surface area (Å²) in [6.45, 7) is 7.69. The van der Waals surface area contributed by atoms with Crippen molar-refractivity contribution in [2.45, 2.75) is 39.5 Å². The number of piperidine rings is 1. The zero-order valence-corrected chi connectivity index (χ0v) is 15.8. The maximum atomic E-state index is 12.6. The molecule has 3 amide bonds. The molecule has 0 bridgehead atoms. The number of hydrogen-bond donors (Lipinski definition) is 2. The van der Waals surface area contributed by atoms with Crippen molar-refractivity contribution in [3.8, 4) is 0 Å². The number of amides is 3. The van der Waals surface area contributed by atoms with Crippen LogP contribution in [0.2, 0.25) is 0 Å². The maximum Gasteiger partial charge on any atom is 0.321 e. The summed E-state index contributed by atoms with van der Waals surface area (Å²) in [4.78, 5) is 28.0. The molecule has 138 valence electrons. The lowest BCUT2D eigenvalue weighted by molar-refractivity contribution is -0.0138. The van der Waals surface area contributed by atoms with Crippen LogP contribution in [0.5, 0.6) is 0 Å². The summed E-state index contributed by atoms with van der Waals surface area (Å²) in [6, 6.07) is 1.71. The monoisotopic (exact) mass is 365 g/mol. The van der Waals surface area contributed by atoms with E-state index in [9.17, 15) is 9.59 Å². The van der Waals surface area contributed by atoms with Gasteiger partial charge in [-0.15, -0.1) is 11.3 Å². The number of aryl methyl sites for hydroxylation is 1. The Bertz CT molecular complexity index is 628. The lowest BCUT2D eigenvalue weighted by Crippen LogP contribution is -2.46. The number of nitrogens with zero attached hydrogens (tertiary/aromatic N) is 1. The number of likely N-dealkylation sites (tertiary alicyclic amines) is 1. The largest absolute Gasteiger partial charge is 0.381 e. The average molecular weight is 365 g/mol. The third-order valence-electron chi connectivity index (χ3n) is 5.39. The standard InChI is InChI=1S/C18H27N3O3S/c1-3-19-16(22)15-12-14(13(2)25-15)20-17(23)21-8-4-18(5-9-21)6-10-24-11-7-18/h12H,3-11H2,1-2H3,(H,19,22)(H,20,23). The summed E-state index contributed by atoms with van der Waals surface area (Å²) in [5.74, 6) is -0.0875. The van der Waals surface area contributed by atoms with Crippen molar-refractivity contribution in [2.75, 3.05) is 38.2 Å². The van der Waals surface area contributed by atoms with Crippen molar-refractivity contribution in [2.24, 2.45) is 5.41 Å². The second kappa shape index (κ2) is 7.74. The highest BCUT2D eigenvalue weighted by Gasteiger charge is 2.37. The SMILES string of the molecule is CCNC(=O)c1cc(NC(=O)N2CCC3(CCOCC3)CC2)c(C)s1. The number of thiophene rings is 1. The van der Waals surface area contributed by atoms with E-state index in [1.165, 1.54) is 11.3 Å². The van der Waals surface area contributed by atoms with Crippen LogP contribution in [0.25, 0.3) is 0 Å². The lowest BCUT2D eigenvalue weighted by Gasteiger charge is -2.44. The molecule has 2 saturated heterocycles. The molecule has 0 aromatic carbocycles. The molecular formula is C18H27N3O3S. The van der Waals surface area contributed by atoms with Crippen molar-refractivity contribution in [1.29, 1.82) is 0 Å². The quantitative estimate of drug-likeness (QED) is 0.864. The summed E-state index contributed by atoms with van der Waals surface area (Å²) in [7, 11) is 0. The first-order valence-corrected chi connectivity index (χ1v) is 9.87. The zero-order valence-electron chi connectivity index (χ0n) is 15.0. The summed E-state index contributed by atoms with van der Waals surface area (Å²) in [6.07, 6.45) is 4.33. The molecule has 2 N–H and O–H groups in total. The van der Waals surface area contributed by atoms with Crippen LogP contribution in [0.3, 0.4) is 0 Å². The summed E-state index contributed by atoms with van der Waals surface area (Å²) >= 11 is 1.41. The van der Waals surface area contributed by atoms with Gasteiger partial charge in [0.2, 0.25) is 0 Å². The first-order chi connectivity index (χ1) is 12.0. The fourth-order valence-corrected chi connectivity index (χ4v) is 4.54. The van der Waals surface area contributed by atoms with Gasteiger partial charge in [-0.3, -0.25) is 4.79 Å². The molecule has 2 aliphatic rings. The summed E-state index contributed by atoms with van der Waals surface area (Å²) in [5, 5.41) is 5.77. The fourth-order valence-electron chi connectivity index (χ4n) is 3.65. The van der Waals surface area contributed by atoms with E-state index < -0.39 is 0 Å². The fraction of sp³-hybridized carbons (Fsp3) is 0.667. The average Bonchev–Trinajstić information content (AvgIpc) is 2.97. The Labute approximate surface area is 152 Å². The van der Waals surface area contributed by atoms with Gasteiger partial charge in [0.15, 0.2) is 0 Å². The van der Waals surface area contributed by atoms with Gasteiger partial charge in [0, 0.05) is 37.7 Å². The molecule has 25 heavy (non-hydrogen) atoms. The molecule has 1 aromatic heterocycles. The van der Waals surface area contributed by atoms with Crippen molar-refractivity contribution < 1.29 is 14.3 Å². The number of rotatable bonds is 3. The molecule has 3 rings (SSSR count). The molecule has 0 radical (unpaired) electrons. The van der Waals surface area contributed by atoms with Crippen LogP contribution in [-0.2, 0) is 4.74 Å². The Morgan fingerprint density at radius 2 is 1.92 bits per heavy atom. The molecule has 0 unspecified atom stereocenters. The molecule has 0 saturated carbocycles. The van der Waals surface area contributed by atoms with E-state index in [4.69, 9.17) is 4.74 Å². The van der Waals surface area contributed by atoms with Crippen LogP contribution in [0, 0.1) is 12.3 Å². The maximum absolute atomic E-state index is 12.6. The minimum Gasteiger partial charge on any atom is -0.381 e.